The Hall–Kier alpha value is -1.58. The maximum absolute atomic E-state index is 8.85. The second kappa shape index (κ2) is 28.6. The third-order valence-electron chi connectivity index (χ3n) is 3.44. The number of rotatable bonds is 8. The molecule has 0 aliphatic rings. The van der Waals surface area contributed by atoms with Gasteiger partial charge in [0.15, 0.2) is 0 Å². The van der Waals surface area contributed by atoms with Gasteiger partial charge in [-0.2, -0.15) is 0 Å². The van der Waals surface area contributed by atoms with E-state index in [2.05, 4.69) is 63.5 Å². The monoisotopic (exact) mass is 409 g/mol. The van der Waals surface area contributed by atoms with E-state index in [4.69, 9.17) is 10.2 Å². The van der Waals surface area contributed by atoms with Crippen LogP contribution in [-0.2, 0) is 6.42 Å². The first kappa shape index (κ1) is 34.9. The summed E-state index contributed by atoms with van der Waals surface area (Å²) in [4.78, 5) is 0. The average molecular weight is 410 g/mol. The van der Waals surface area contributed by atoms with Gasteiger partial charge in [0.05, 0.1) is 6.10 Å². The number of hydrogen-bond donors (Lipinski definition) is 3. The molecule has 3 N–H and O–H groups in total. The van der Waals surface area contributed by atoms with Crippen molar-refractivity contribution in [2.24, 2.45) is 0 Å². The van der Waals surface area contributed by atoms with Crippen molar-refractivity contribution in [3.05, 3.63) is 60.3 Å². The van der Waals surface area contributed by atoms with Gasteiger partial charge in [0.25, 0.3) is 0 Å². The van der Waals surface area contributed by atoms with Crippen LogP contribution in [0.3, 0.4) is 0 Å². The van der Waals surface area contributed by atoms with Crippen LogP contribution in [0.4, 0.5) is 0 Å². The molecule has 0 aliphatic heterocycles. The molecular weight excluding hydrogens is 358 g/mol. The van der Waals surface area contributed by atoms with Crippen LogP contribution in [0.5, 0.6) is 0 Å². The zero-order valence-electron chi connectivity index (χ0n) is 20.9. The molecule has 2 atom stereocenters. The van der Waals surface area contributed by atoms with Crippen LogP contribution in [0.25, 0.3) is 0 Å². The van der Waals surface area contributed by atoms with Crippen molar-refractivity contribution in [3.63, 3.8) is 0 Å². The van der Waals surface area contributed by atoms with E-state index in [-0.39, 0.29) is 0 Å². The van der Waals surface area contributed by atoms with Crippen molar-refractivity contribution >= 4 is 0 Å². The molecule has 3 heteroatoms. The molecule has 0 saturated carbocycles. The number of hydrogen-bond acceptors (Lipinski definition) is 3. The van der Waals surface area contributed by atoms with E-state index in [1.54, 1.807) is 13.1 Å². The lowest BCUT2D eigenvalue weighted by atomic mass is 10.1. The lowest BCUT2D eigenvalue weighted by Gasteiger charge is -2.11. The minimum absolute atomic E-state index is 0.597. The highest BCUT2D eigenvalue weighted by Crippen LogP contribution is 2.04. The summed E-state index contributed by atoms with van der Waals surface area (Å²) in [5.41, 5.74) is 3.40. The molecule has 0 bridgehead atoms. The Bertz CT molecular complexity index is 439. The van der Waals surface area contributed by atoms with Crippen LogP contribution in [0.1, 0.15) is 85.8 Å². The van der Waals surface area contributed by atoms with Gasteiger partial charge in [0.1, 0.15) is 6.10 Å². The molecule has 0 aliphatic carbocycles. The number of nitrogens with one attached hydrogen (secondary N) is 1. The van der Waals surface area contributed by atoms with E-state index < -0.39 is 12.2 Å². The number of aliphatic hydroxyl groups excluding tert-OH is 2. The van der Waals surface area contributed by atoms with Gasteiger partial charge in [-0.1, -0.05) is 97.4 Å². The second-order valence-corrected chi connectivity index (χ2v) is 6.28. The fourth-order valence-electron chi connectivity index (χ4n) is 1.84. The fourth-order valence-corrected chi connectivity index (χ4v) is 1.84. The Morgan fingerprint density at radius 1 is 1.03 bits per heavy atom. The topological polar surface area (TPSA) is 52.5 Å². The van der Waals surface area contributed by atoms with Crippen molar-refractivity contribution in [2.45, 2.75) is 100 Å². The third kappa shape index (κ3) is 28.7. The first-order chi connectivity index (χ1) is 13.8. The molecule has 0 heterocycles. The molecule has 1 rings (SSSR count). The van der Waals surface area contributed by atoms with Crippen LogP contribution < -0.4 is 5.32 Å². The lowest BCUT2D eigenvalue weighted by molar-refractivity contribution is 0.0550. The van der Waals surface area contributed by atoms with Crippen LogP contribution in [0, 0.1) is 6.92 Å². The second-order valence-electron chi connectivity index (χ2n) is 6.28. The molecule has 3 nitrogen and oxygen atoms in total. The summed E-state index contributed by atoms with van der Waals surface area (Å²) in [6.07, 6.45) is 5.20. The zero-order chi connectivity index (χ0) is 23.7. The van der Waals surface area contributed by atoms with E-state index >= 15 is 0 Å². The maximum Gasteiger partial charge on any atom is 0.100 e. The van der Waals surface area contributed by atoms with E-state index in [1.165, 1.54) is 43.7 Å². The summed E-state index contributed by atoms with van der Waals surface area (Å²) < 4.78 is 0. The number of unbranched alkanes of at least 4 members (excludes halogenated alkanes) is 1. The van der Waals surface area contributed by atoms with Gasteiger partial charge >= 0.3 is 0 Å². The van der Waals surface area contributed by atoms with Gasteiger partial charge in [-0.3, -0.25) is 0 Å². The van der Waals surface area contributed by atoms with Crippen molar-refractivity contribution in [2.75, 3.05) is 6.54 Å². The van der Waals surface area contributed by atoms with Gasteiger partial charge in [-0.05, 0) is 50.9 Å². The Labute approximate surface area is 183 Å². The smallest absolute Gasteiger partial charge is 0.100 e. The molecule has 1 aromatic carbocycles. The highest BCUT2D eigenvalue weighted by molar-refractivity contribution is 5.21. The van der Waals surface area contributed by atoms with Crippen LogP contribution >= 0.6 is 0 Å². The molecule has 172 valence electrons. The summed E-state index contributed by atoms with van der Waals surface area (Å²) in [7, 11) is 0. The molecule has 1 aromatic rings. The highest BCUT2D eigenvalue weighted by atomic mass is 16.3. The summed E-state index contributed by atoms with van der Waals surface area (Å²) in [5, 5.41) is 20.5. The van der Waals surface area contributed by atoms with E-state index in [1.807, 2.05) is 27.7 Å². The van der Waals surface area contributed by atoms with Gasteiger partial charge in [0, 0.05) is 6.54 Å². The van der Waals surface area contributed by atoms with Gasteiger partial charge < -0.3 is 15.5 Å². The lowest BCUT2D eigenvalue weighted by Crippen LogP contribution is -2.22. The summed E-state index contributed by atoms with van der Waals surface area (Å²) in [6.45, 7) is 25.8. The minimum atomic E-state index is -0.769. The van der Waals surface area contributed by atoms with E-state index in [0.717, 1.165) is 6.54 Å². The summed E-state index contributed by atoms with van der Waals surface area (Å²) >= 11 is 0. The van der Waals surface area contributed by atoms with Gasteiger partial charge in [0.2, 0.25) is 0 Å². The van der Waals surface area contributed by atoms with Crippen molar-refractivity contribution in [1.29, 1.82) is 0 Å². The normalized spacial score (nSPS) is 10.6. The highest BCUT2D eigenvalue weighted by Gasteiger charge is 2.09. The number of aliphatic hydroxyl groups is 2. The predicted molar refractivity (Wildman–Crippen MR) is 133 cm³/mol. The summed E-state index contributed by atoms with van der Waals surface area (Å²) in [5.74, 6) is 0. The molecule has 0 aromatic heterocycles. The standard InChI is InChI=1S/C10H14.C6H13N.C6H12O2.2C2H6/c1-3-4-10-7-5-9(2)6-8-10;1-3-5-6-7-4-2;1-4(2)6(8)5(3)7;2*1-2/h5-8H,3-4H2,1-2H3;4,7H,2-3,5-6H2,1H3;5-8H,1H2,2-3H3;2*1-2H3. The van der Waals surface area contributed by atoms with Crippen LogP contribution in [0.15, 0.2) is 49.2 Å². The predicted octanol–water partition coefficient (Wildman–Crippen LogP) is 6.82. The molecule has 0 radical (unpaired) electrons. The Morgan fingerprint density at radius 2 is 1.52 bits per heavy atom. The molecule has 0 fully saturated rings. The van der Waals surface area contributed by atoms with Crippen molar-refractivity contribution in [3.8, 4) is 0 Å². The largest absolute Gasteiger partial charge is 0.391 e. The average Bonchev–Trinajstić information content (AvgIpc) is 2.73. The van der Waals surface area contributed by atoms with E-state index in [9.17, 15) is 0 Å². The first-order valence-electron chi connectivity index (χ1n) is 11.2. The zero-order valence-corrected chi connectivity index (χ0v) is 20.9. The SMILES string of the molecule is C=C(C)C(O)C(C)O.C=CNCCCC.CC.CC.CCCc1ccc(C)cc1. The van der Waals surface area contributed by atoms with Gasteiger partial charge in [-0.15, -0.1) is 0 Å². The molecule has 0 amide bonds. The van der Waals surface area contributed by atoms with Gasteiger partial charge in [-0.25, -0.2) is 0 Å². The fraction of sp³-hybridized carbons (Fsp3) is 0.615. The minimum Gasteiger partial charge on any atom is -0.391 e. The van der Waals surface area contributed by atoms with Crippen LogP contribution in [0.2, 0.25) is 0 Å². The van der Waals surface area contributed by atoms with Crippen molar-refractivity contribution < 1.29 is 10.2 Å². The maximum atomic E-state index is 8.85. The number of aryl methyl sites for hydroxylation is 2. The van der Waals surface area contributed by atoms with E-state index in [0.29, 0.717) is 5.57 Å². The first-order valence-corrected chi connectivity index (χ1v) is 11.2. The quantitative estimate of drug-likeness (QED) is 0.326. The van der Waals surface area contributed by atoms with Crippen LogP contribution in [-0.4, -0.2) is 29.0 Å². The summed E-state index contributed by atoms with van der Waals surface area (Å²) in [6, 6.07) is 8.76. The molecule has 0 saturated heterocycles. The Morgan fingerprint density at radius 3 is 1.79 bits per heavy atom. The Kier molecular flexibility index (Phi) is 34.4. The molecule has 29 heavy (non-hydrogen) atoms. The number of benzene rings is 1. The Balaban J connectivity index is -0.000000151. The van der Waals surface area contributed by atoms with Crippen molar-refractivity contribution in [1.82, 2.24) is 5.32 Å². The molecule has 2 unspecified atom stereocenters. The molecule has 0 spiro atoms. The molecular formula is C26H51NO2. The third-order valence-corrected chi connectivity index (χ3v) is 3.44.